The fourth-order valence-electron chi connectivity index (χ4n) is 3.32. The topological polar surface area (TPSA) is 47.8 Å². The molecule has 0 radical (unpaired) electrons. The molecule has 31 heavy (non-hydrogen) atoms. The van der Waals surface area contributed by atoms with Gasteiger partial charge in [-0.05, 0) is 41.5 Å². The van der Waals surface area contributed by atoms with E-state index in [1.54, 1.807) is 22.9 Å². The third-order valence-corrected chi connectivity index (χ3v) is 7.37. The molecule has 0 saturated heterocycles. The summed E-state index contributed by atoms with van der Waals surface area (Å²) in [4.78, 5) is 23.5. The Bertz CT molecular complexity index is 1460. The van der Waals surface area contributed by atoms with Gasteiger partial charge in [0.25, 0.3) is 5.56 Å². The van der Waals surface area contributed by atoms with Crippen LogP contribution in [0.1, 0.15) is 11.1 Å². The summed E-state index contributed by atoms with van der Waals surface area (Å²) in [6, 6.07) is 17.5. The molecule has 0 aliphatic rings. The third-order valence-electron chi connectivity index (χ3n) is 4.89. The molecule has 5 rings (SSSR count). The zero-order valence-electron chi connectivity index (χ0n) is 16.1. The Morgan fingerprint density at radius 1 is 1.06 bits per heavy atom. The monoisotopic (exact) mass is 467 g/mol. The Morgan fingerprint density at radius 3 is 2.68 bits per heavy atom. The molecule has 5 aromatic rings. The van der Waals surface area contributed by atoms with Crippen molar-refractivity contribution in [2.45, 2.75) is 17.5 Å². The molecule has 8 heteroatoms. The quantitative estimate of drug-likeness (QED) is 0.230. The lowest BCUT2D eigenvalue weighted by molar-refractivity contribution is 0.623. The van der Waals surface area contributed by atoms with Crippen molar-refractivity contribution in [3.63, 3.8) is 0 Å². The number of nitrogens with zero attached hydrogens (tertiary/aromatic N) is 3. The van der Waals surface area contributed by atoms with E-state index in [0.29, 0.717) is 32.7 Å². The molecule has 0 saturated carbocycles. The van der Waals surface area contributed by atoms with E-state index in [4.69, 9.17) is 16.6 Å². The first-order valence-corrected chi connectivity index (χ1v) is 11.7. The summed E-state index contributed by atoms with van der Waals surface area (Å²) < 4.78 is 15.6. The summed E-state index contributed by atoms with van der Waals surface area (Å²) >= 11 is 9.12. The molecule has 0 spiro atoms. The van der Waals surface area contributed by atoms with Gasteiger partial charge in [0, 0.05) is 22.4 Å². The van der Waals surface area contributed by atoms with E-state index < -0.39 is 0 Å². The van der Waals surface area contributed by atoms with Crippen molar-refractivity contribution >= 4 is 55.1 Å². The minimum Gasteiger partial charge on any atom is -0.282 e. The van der Waals surface area contributed by atoms with E-state index in [9.17, 15) is 9.18 Å². The van der Waals surface area contributed by atoms with E-state index in [1.165, 1.54) is 35.2 Å². The summed E-state index contributed by atoms with van der Waals surface area (Å²) in [7, 11) is 0. The Labute approximate surface area is 190 Å². The van der Waals surface area contributed by atoms with E-state index in [-0.39, 0.29) is 11.4 Å². The molecule has 4 nitrogen and oxygen atoms in total. The molecular weight excluding hydrogens is 453 g/mol. The standard InChI is InChI=1S/C23H15ClFN3OS2/c24-18-6-2-1-4-15(18)13-30-23-27-19-17-5-3-11-26-21(17)31-20(19)22(29)28(23)12-14-7-9-16(25)10-8-14/h1-11H,12-13H2. The number of thiophene rings is 1. The summed E-state index contributed by atoms with van der Waals surface area (Å²) in [6.07, 6.45) is 1.71. The summed E-state index contributed by atoms with van der Waals surface area (Å²) in [6.45, 7) is 0.300. The summed E-state index contributed by atoms with van der Waals surface area (Å²) in [5.74, 6) is 0.259. The number of thioether (sulfide) groups is 1. The zero-order chi connectivity index (χ0) is 21.4. The van der Waals surface area contributed by atoms with Gasteiger partial charge >= 0.3 is 0 Å². The molecule has 0 aliphatic carbocycles. The van der Waals surface area contributed by atoms with Crippen LogP contribution in [-0.4, -0.2) is 14.5 Å². The van der Waals surface area contributed by atoms with Crippen LogP contribution in [0.15, 0.2) is 76.8 Å². The molecule has 2 aromatic carbocycles. The van der Waals surface area contributed by atoms with Gasteiger partial charge in [0.2, 0.25) is 0 Å². The molecule has 0 atom stereocenters. The van der Waals surface area contributed by atoms with Crippen molar-refractivity contribution in [3.8, 4) is 0 Å². The lowest BCUT2D eigenvalue weighted by atomic mass is 10.2. The first-order valence-electron chi connectivity index (χ1n) is 9.49. The molecule has 0 amide bonds. The van der Waals surface area contributed by atoms with Gasteiger partial charge < -0.3 is 0 Å². The Kier molecular flexibility index (Phi) is 5.48. The van der Waals surface area contributed by atoms with Gasteiger partial charge in [-0.15, -0.1) is 11.3 Å². The maximum absolute atomic E-state index is 13.5. The molecule has 0 aliphatic heterocycles. The predicted molar refractivity (Wildman–Crippen MR) is 126 cm³/mol. The second-order valence-corrected chi connectivity index (χ2v) is 9.28. The van der Waals surface area contributed by atoms with E-state index in [1.807, 2.05) is 36.4 Å². The second kappa shape index (κ2) is 8.42. The molecule has 0 unspecified atom stereocenters. The van der Waals surface area contributed by atoms with Gasteiger partial charge in [0.1, 0.15) is 15.3 Å². The number of benzene rings is 2. The molecule has 0 bridgehead atoms. The number of halogens is 2. The van der Waals surface area contributed by atoms with Gasteiger partial charge in [0.15, 0.2) is 5.16 Å². The van der Waals surface area contributed by atoms with Crippen molar-refractivity contribution in [2.24, 2.45) is 0 Å². The van der Waals surface area contributed by atoms with Gasteiger partial charge in [0.05, 0.1) is 12.1 Å². The maximum Gasteiger partial charge on any atom is 0.272 e. The SMILES string of the molecule is O=c1c2sc3ncccc3c2nc(SCc2ccccc2Cl)n1Cc1ccc(F)cc1. The van der Waals surface area contributed by atoms with Crippen LogP contribution in [0.4, 0.5) is 4.39 Å². The number of rotatable bonds is 5. The van der Waals surface area contributed by atoms with Crippen LogP contribution in [-0.2, 0) is 12.3 Å². The van der Waals surface area contributed by atoms with Crippen LogP contribution in [0.5, 0.6) is 0 Å². The van der Waals surface area contributed by atoms with Crippen LogP contribution >= 0.6 is 34.7 Å². The van der Waals surface area contributed by atoms with Crippen LogP contribution < -0.4 is 5.56 Å². The van der Waals surface area contributed by atoms with Crippen molar-refractivity contribution in [1.29, 1.82) is 0 Å². The lowest BCUT2D eigenvalue weighted by Gasteiger charge is -2.13. The van der Waals surface area contributed by atoms with Gasteiger partial charge in [-0.25, -0.2) is 14.4 Å². The first kappa shape index (κ1) is 20.2. The lowest BCUT2D eigenvalue weighted by Crippen LogP contribution is -2.23. The molecule has 3 aromatic heterocycles. The number of aromatic nitrogens is 3. The highest BCUT2D eigenvalue weighted by molar-refractivity contribution is 7.98. The second-order valence-electron chi connectivity index (χ2n) is 6.93. The maximum atomic E-state index is 13.5. The number of hydrogen-bond donors (Lipinski definition) is 0. The highest BCUT2D eigenvalue weighted by Crippen LogP contribution is 2.32. The van der Waals surface area contributed by atoms with E-state index in [2.05, 4.69) is 4.98 Å². The Morgan fingerprint density at radius 2 is 1.87 bits per heavy atom. The van der Waals surface area contributed by atoms with Crippen LogP contribution in [0.3, 0.4) is 0 Å². The Balaban J connectivity index is 1.64. The normalized spacial score (nSPS) is 11.4. The molecule has 3 heterocycles. The van der Waals surface area contributed by atoms with Crippen molar-refractivity contribution < 1.29 is 4.39 Å². The summed E-state index contributed by atoms with van der Waals surface area (Å²) in [5.41, 5.74) is 2.33. The highest BCUT2D eigenvalue weighted by Gasteiger charge is 2.17. The van der Waals surface area contributed by atoms with Crippen molar-refractivity contribution in [2.75, 3.05) is 0 Å². The molecule has 0 N–H and O–H groups in total. The smallest absolute Gasteiger partial charge is 0.272 e. The Hall–Kier alpha value is -2.74. The van der Waals surface area contributed by atoms with Gasteiger partial charge in [-0.2, -0.15) is 0 Å². The average Bonchev–Trinajstić information content (AvgIpc) is 3.16. The molecule has 154 valence electrons. The summed E-state index contributed by atoms with van der Waals surface area (Å²) in [5, 5.41) is 2.13. The number of hydrogen-bond acceptors (Lipinski definition) is 5. The van der Waals surface area contributed by atoms with Crippen molar-refractivity contribution in [1.82, 2.24) is 14.5 Å². The average molecular weight is 468 g/mol. The largest absolute Gasteiger partial charge is 0.282 e. The van der Waals surface area contributed by atoms with Crippen molar-refractivity contribution in [3.05, 3.63) is 99.2 Å². The number of fused-ring (bicyclic) bond motifs is 3. The highest BCUT2D eigenvalue weighted by atomic mass is 35.5. The molecular formula is C23H15ClFN3OS2. The van der Waals surface area contributed by atoms with E-state index in [0.717, 1.165) is 21.3 Å². The van der Waals surface area contributed by atoms with Crippen LogP contribution in [0.25, 0.3) is 20.4 Å². The van der Waals surface area contributed by atoms with Gasteiger partial charge in [-0.3, -0.25) is 9.36 Å². The predicted octanol–water partition coefficient (Wildman–Crippen LogP) is 6.14. The minimum atomic E-state index is -0.312. The van der Waals surface area contributed by atoms with E-state index >= 15 is 0 Å². The van der Waals surface area contributed by atoms with Crippen LogP contribution in [0.2, 0.25) is 5.02 Å². The molecule has 0 fully saturated rings. The van der Waals surface area contributed by atoms with Crippen LogP contribution in [0, 0.1) is 5.82 Å². The van der Waals surface area contributed by atoms with Gasteiger partial charge in [-0.1, -0.05) is 53.7 Å². The number of pyridine rings is 1. The first-order chi connectivity index (χ1) is 15.1. The zero-order valence-corrected chi connectivity index (χ0v) is 18.5. The third kappa shape index (κ3) is 3.96. The fraction of sp³-hybridized carbons (Fsp3) is 0.0870. The minimum absolute atomic E-state index is 0.126. The fourth-order valence-corrected chi connectivity index (χ4v) is 5.63.